The Morgan fingerprint density at radius 1 is 1.38 bits per heavy atom. The number of carbonyl (C=O) groups is 1. The fraction of sp³-hybridized carbons (Fsp3) is 0.700. The molecule has 0 rings (SSSR count). The highest BCUT2D eigenvalue weighted by molar-refractivity contribution is 5.86. The largest absolute Gasteiger partial charge is 0.478 e. The average molecular weight is 185 g/mol. The van der Waals surface area contributed by atoms with E-state index in [2.05, 4.69) is 0 Å². The summed E-state index contributed by atoms with van der Waals surface area (Å²) in [6.45, 7) is 9.51. The molecule has 0 atom stereocenters. The highest BCUT2D eigenvalue weighted by Crippen LogP contribution is 2.10. The van der Waals surface area contributed by atoms with Crippen LogP contribution in [0.1, 0.15) is 27.7 Å². The van der Waals surface area contributed by atoms with Crippen molar-refractivity contribution in [2.45, 2.75) is 27.7 Å². The molecule has 0 aliphatic rings. The number of aliphatic carboxylic acids is 1. The molecule has 1 N–H and O–H groups in total. The fourth-order valence-electron chi connectivity index (χ4n) is 1.05. The molecule has 0 saturated carbocycles. The Bertz CT molecular complexity index is 193. The van der Waals surface area contributed by atoms with Crippen LogP contribution >= 0.6 is 0 Å². The molecular weight excluding hydrogens is 166 g/mol. The van der Waals surface area contributed by atoms with Gasteiger partial charge in [0.25, 0.3) is 0 Å². The van der Waals surface area contributed by atoms with Gasteiger partial charge in [0.05, 0.1) is 5.57 Å². The minimum atomic E-state index is -0.818. The van der Waals surface area contributed by atoms with Crippen molar-refractivity contribution in [3.05, 3.63) is 11.8 Å². The quantitative estimate of drug-likeness (QED) is 0.665. The van der Waals surface area contributed by atoms with Crippen LogP contribution < -0.4 is 0 Å². The molecule has 0 fully saturated rings. The number of carboxylic acid groups (broad SMARTS) is 1. The zero-order valence-electron chi connectivity index (χ0n) is 8.87. The Labute approximate surface area is 80.0 Å². The predicted octanol–water partition coefficient (Wildman–Crippen LogP) is 1.95. The first-order valence-corrected chi connectivity index (χ1v) is 4.71. The molecule has 0 aliphatic carbocycles. The summed E-state index contributed by atoms with van der Waals surface area (Å²) in [5, 5.41) is 8.89. The summed E-state index contributed by atoms with van der Waals surface area (Å²) in [7, 11) is 0. The van der Waals surface area contributed by atoms with Gasteiger partial charge in [0, 0.05) is 19.3 Å². The molecule has 0 heterocycles. The van der Waals surface area contributed by atoms with Crippen molar-refractivity contribution < 1.29 is 9.90 Å². The minimum Gasteiger partial charge on any atom is -0.478 e. The van der Waals surface area contributed by atoms with Gasteiger partial charge in [0.15, 0.2) is 0 Å². The van der Waals surface area contributed by atoms with Crippen LogP contribution in [0.3, 0.4) is 0 Å². The summed E-state index contributed by atoms with van der Waals surface area (Å²) in [5.74, 6) is -0.750. The third-order valence-electron chi connectivity index (χ3n) is 2.00. The topological polar surface area (TPSA) is 40.5 Å². The molecule has 0 radical (unpaired) electrons. The summed E-state index contributed by atoms with van der Waals surface area (Å²) >= 11 is 0. The minimum absolute atomic E-state index is 0.0677. The average Bonchev–Trinajstić information content (AvgIpc) is 2.05. The lowest BCUT2D eigenvalue weighted by Gasteiger charge is -2.18. The van der Waals surface area contributed by atoms with Crippen LogP contribution in [0.15, 0.2) is 11.8 Å². The van der Waals surface area contributed by atoms with E-state index < -0.39 is 5.97 Å². The first kappa shape index (κ1) is 12.0. The monoisotopic (exact) mass is 185 g/mol. The summed E-state index contributed by atoms with van der Waals surface area (Å²) in [5.41, 5.74) is 0.476. The van der Waals surface area contributed by atoms with Crippen LogP contribution in [-0.2, 0) is 4.79 Å². The Hall–Kier alpha value is -0.990. The van der Waals surface area contributed by atoms with E-state index in [1.54, 1.807) is 6.20 Å². The zero-order valence-corrected chi connectivity index (χ0v) is 8.87. The van der Waals surface area contributed by atoms with Crippen molar-refractivity contribution in [1.82, 2.24) is 4.90 Å². The first-order chi connectivity index (χ1) is 6.02. The Morgan fingerprint density at radius 2 is 1.85 bits per heavy atom. The van der Waals surface area contributed by atoms with Crippen LogP contribution in [0.5, 0.6) is 0 Å². The maximum Gasteiger partial charge on any atom is 0.333 e. The molecule has 76 valence electrons. The SMILES string of the molecule is CCN(C=C(C(=O)O)C(C)C)CC. The second-order valence-corrected chi connectivity index (χ2v) is 3.27. The van der Waals surface area contributed by atoms with E-state index in [4.69, 9.17) is 5.11 Å². The Kier molecular flexibility index (Phi) is 5.19. The number of carboxylic acids is 1. The normalized spacial score (nSPS) is 11.9. The van der Waals surface area contributed by atoms with E-state index in [1.165, 1.54) is 0 Å². The van der Waals surface area contributed by atoms with Crippen molar-refractivity contribution in [2.75, 3.05) is 13.1 Å². The van der Waals surface area contributed by atoms with Gasteiger partial charge < -0.3 is 10.0 Å². The predicted molar refractivity (Wildman–Crippen MR) is 53.5 cm³/mol. The number of nitrogens with zero attached hydrogens (tertiary/aromatic N) is 1. The lowest BCUT2D eigenvalue weighted by molar-refractivity contribution is -0.133. The van der Waals surface area contributed by atoms with Crippen molar-refractivity contribution in [3.8, 4) is 0 Å². The third kappa shape index (κ3) is 3.97. The third-order valence-corrected chi connectivity index (χ3v) is 2.00. The molecule has 0 unspecified atom stereocenters. The van der Waals surface area contributed by atoms with Crippen molar-refractivity contribution in [3.63, 3.8) is 0 Å². The number of hydrogen-bond acceptors (Lipinski definition) is 2. The van der Waals surface area contributed by atoms with Crippen molar-refractivity contribution in [2.24, 2.45) is 5.92 Å². The van der Waals surface area contributed by atoms with Crippen LogP contribution in [0, 0.1) is 5.92 Å². The highest BCUT2D eigenvalue weighted by atomic mass is 16.4. The van der Waals surface area contributed by atoms with Gasteiger partial charge in [-0.2, -0.15) is 0 Å². The van der Waals surface area contributed by atoms with Gasteiger partial charge in [-0.3, -0.25) is 0 Å². The van der Waals surface area contributed by atoms with Gasteiger partial charge in [-0.05, 0) is 19.8 Å². The van der Waals surface area contributed by atoms with Crippen LogP contribution in [-0.4, -0.2) is 29.1 Å². The standard InChI is InChI=1S/C10H19NO2/c1-5-11(6-2)7-9(8(3)4)10(12)13/h7-8H,5-6H2,1-4H3,(H,12,13). The molecular formula is C10H19NO2. The van der Waals surface area contributed by atoms with E-state index >= 15 is 0 Å². The second-order valence-electron chi connectivity index (χ2n) is 3.27. The van der Waals surface area contributed by atoms with Gasteiger partial charge in [-0.1, -0.05) is 13.8 Å². The summed E-state index contributed by atoms with van der Waals surface area (Å²) in [6, 6.07) is 0. The molecule has 0 saturated heterocycles. The van der Waals surface area contributed by atoms with Gasteiger partial charge in [-0.15, -0.1) is 0 Å². The number of hydrogen-bond donors (Lipinski definition) is 1. The van der Waals surface area contributed by atoms with E-state index in [1.807, 2.05) is 32.6 Å². The van der Waals surface area contributed by atoms with Crippen molar-refractivity contribution in [1.29, 1.82) is 0 Å². The lowest BCUT2D eigenvalue weighted by Crippen LogP contribution is -2.19. The zero-order chi connectivity index (χ0) is 10.4. The Balaban J connectivity index is 4.60. The number of rotatable bonds is 5. The first-order valence-electron chi connectivity index (χ1n) is 4.71. The van der Waals surface area contributed by atoms with E-state index in [9.17, 15) is 4.79 Å². The molecule has 0 aromatic rings. The molecule has 0 spiro atoms. The molecule has 0 bridgehead atoms. The summed E-state index contributed by atoms with van der Waals surface area (Å²) in [6.07, 6.45) is 1.74. The van der Waals surface area contributed by atoms with E-state index in [-0.39, 0.29) is 5.92 Å². The molecule has 0 aromatic heterocycles. The summed E-state index contributed by atoms with van der Waals surface area (Å²) < 4.78 is 0. The van der Waals surface area contributed by atoms with E-state index in [0.717, 1.165) is 13.1 Å². The molecule has 0 aliphatic heterocycles. The molecule has 13 heavy (non-hydrogen) atoms. The molecule has 3 heteroatoms. The smallest absolute Gasteiger partial charge is 0.333 e. The van der Waals surface area contributed by atoms with Crippen LogP contribution in [0.25, 0.3) is 0 Å². The van der Waals surface area contributed by atoms with Gasteiger partial charge in [0.2, 0.25) is 0 Å². The summed E-state index contributed by atoms with van der Waals surface area (Å²) in [4.78, 5) is 12.8. The maximum atomic E-state index is 10.8. The van der Waals surface area contributed by atoms with Gasteiger partial charge in [0.1, 0.15) is 0 Å². The van der Waals surface area contributed by atoms with Crippen molar-refractivity contribution >= 4 is 5.97 Å². The molecule has 3 nitrogen and oxygen atoms in total. The van der Waals surface area contributed by atoms with Crippen LogP contribution in [0.4, 0.5) is 0 Å². The fourth-order valence-corrected chi connectivity index (χ4v) is 1.05. The van der Waals surface area contributed by atoms with Crippen LogP contribution in [0.2, 0.25) is 0 Å². The molecule has 0 amide bonds. The van der Waals surface area contributed by atoms with Gasteiger partial charge >= 0.3 is 5.97 Å². The second kappa shape index (κ2) is 5.62. The maximum absolute atomic E-state index is 10.8. The molecule has 0 aromatic carbocycles. The lowest BCUT2D eigenvalue weighted by atomic mass is 10.0. The Morgan fingerprint density at radius 3 is 2.08 bits per heavy atom. The van der Waals surface area contributed by atoms with E-state index in [0.29, 0.717) is 5.57 Å². The highest BCUT2D eigenvalue weighted by Gasteiger charge is 2.12. The van der Waals surface area contributed by atoms with Gasteiger partial charge in [-0.25, -0.2) is 4.79 Å².